The van der Waals surface area contributed by atoms with E-state index in [0.717, 1.165) is 76.7 Å². The summed E-state index contributed by atoms with van der Waals surface area (Å²) < 4.78 is 18.0. The number of rotatable bonds is 7. The summed E-state index contributed by atoms with van der Waals surface area (Å²) in [6.45, 7) is 13.1. The van der Waals surface area contributed by atoms with Gasteiger partial charge in [0.15, 0.2) is 0 Å². The van der Waals surface area contributed by atoms with Crippen molar-refractivity contribution in [1.29, 1.82) is 0 Å². The van der Waals surface area contributed by atoms with Crippen LogP contribution in [0.3, 0.4) is 0 Å². The lowest BCUT2D eigenvalue weighted by Gasteiger charge is -2.45. The number of hydrogen-bond acceptors (Lipinski definition) is 3. The highest BCUT2D eigenvalue weighted by atomic mass is 16.5. The van der Waals surface area contributed by atoms with Gasteiger partial charge in [-0.05, 0) is 154 Å². The summed E-state index contributed by atoms with van der Waals surface area (Å²) in [7, 11) is 0. The fourth-order valence-electron chi connectivity index (χ4n) is 12.4. The Balaban J connectivity index is 1.15. The molecule has 0 atom stereocenters. The van der Waals surface area contributed by atoms with E-state index in [2.05, 4.69) is 209 Å². The maximum atomic E-state index is 7.74. The van der Waals surface area contributed by atoms with Crippen LogP contribution in [0.4, 0.5) is 17.1 Å². The van der Waals surface area contributed by atoms with Crippen LogP contribution in [0.15, 0.2) is 158 Å². The summed E-state index contributed by atoms with van der Waals surface area (Å²) in [5.41, 5.74) is 26.6. The Morgan fingerprint density at radius 3 is 1.53 bits per heavy atom. The first-order chi connectivity index (χ1) is 34.3. The molecular weight excluding hydrogens is 850 g/mol. The van der Waals surface area contributed by atoms with E-state index in [4.69, 9.17) is 9.47 Å². The quantitative estimate of drug-likeness (QED) is 0.149. The molecule has 4 nitrogen and oxygen atoms in total. The number of hydrogen-bond donors (Lipinski definition) is 0. The molecule has 9 aromatic carbocycles. The lowest BCUT2D eigenvalue weighted by Crippen LogP contribution is -2.63. The lowest BCUT2D eigenvalue weighted by atomic mass is 9.31. The zero-order chi connectivity index (χ0) is 47.1. The van der Waals surface area contributed by atoms with E-state index >= 15 is 0 Å². The van der Waals surface area contributed by atoms with Gasteiger partial charge in [-0.25, -0.2) is 0 Å². The first-order valence-corrected chi connectivity index (χ1v) is 25.5. The van der Waals surface area contributed by atoms with Crippen molar-refractivity contribution in [3.8, 4) is 50.9 Å². The molecule has 10 aromatic rings. The van der Waals surface area contributed by atoms with Crippen molar-refractivity contribution in [2.75, 3.05) is 4.90 Å². The molecule has 4 aliphatic rings. The molecule has 0 fully saturated rings. The van der Waals surface area contributed by atoms with Crippen LogP contribution in [0.25, 0.3) is 49.7 Å². The van der Waals surface area contributed by atoms with Gasteiger partial charge >= 0.3 is 0 Å². The topological polar surface area (TPSA) is 26.6 Å². The molecule has 0 spiro atoms. The van der Waals surface area contributed by atoms with Crippen LogP contribution in [0, 0.1) is 13.8 Å². The number of fused-ring (bicyclic) bond motifs is 13. The molecule has 0 aliphatic carbocycles. The number of aromatic nitrogens is 1. The highest BCUT2D eigenvalue weighted by Crippen LogP contribution is 2.51. The fraction of sp³-hybridized carbons (Fsp3) is 0.156. The van der Waals surface area contributed by atoms with Gasteiger partial charge in [0, 0.05) is 38.6 Å². The van der Waals surface area contributed by atoms with Gasteiger partial charge in [-0.3, -0.25) is 0 Å². The third-order valence-corrected chi connectivity index (χ3v) is 16.1. The van der Waals surface area contributed by atoms with E-state index in [-0.39, 0.29) is 13.4 Å². The molecule has 5 heterocycles. The fourth-order valence-corrected chi connectivity index (χ4v) is 12.4. The highest BCUT2D eigenvalue weighted by molar-refractivity contribution is 7.02. The number of nitrogens with zero attached hydrogens (tertiary/aromatic N) is 2. The van der Waals surface area contributed by atoms with Crippen LogP contribution in [-0.2, 0) is 25.7 Å². The van der Waals surface area contributed by atoms with E-state index in [1.165, 1.54) is 105 Å². The summed E-state index contributed by atoms with van der Waals surface area (Å²) in [6.07, 6.45) is 3.80. The third-order valence-electron chi connectivity index (χ3n) is 16.1. The van der Waals surface area contributed by atoms with E-state index in [0.29, 0.717) is 0 Å². The van der Waals surface area contributed by atoms with E-state index in [9.17, 15) is 0 Å². The van der Waals surface area contributed by atoms with Crippen molar-refractivity contribution in [3.05, 3.63) is 191 Å². The van der Waals surface area contributed by atoms with E-state index in [1.807, 2.05) is 0 Å². The van der Waals surface area contributed by atoms with Crippen LogP contribution in [0.5, 0.6) is 23.0 Å². The number of anilines is 3. The molecule has 0 amide bonds. The van der Waals surface area contributed by atoms with Gasteiger partial charge in [0.25, 0.3) is 13.4 Å². The predicted molar refractivity (Wildman–Crippen MR) is 296 cm³/mol. The number of aryl methyl sites for hydroxylation is 6. The van der Waals surface area contributed by atoms with Gasteiger partial charge in [0.05, 0.1) is 16.9 Å². The van der Waals surface area contributed by atoms with Gasteiger partial charge in [-0.1, -0.05) is 148 Å². The summed E-state index contributed by atoms with van der Waals surface area (Å²) in [5.74, 6) is 3.60. The normalized spacial score (nSPS) is 13.4. The number of benzene rings is 9. The van der Waals surface area contributed by atoms with Gasteiger partial charge < -0.3 is 18.9 Å². The minimum atomic E-state index is -0.145. The standard InChI is InChI=1S/C64H52B2N2O2/c1-7-39-15-25-47(26-16-39)67-55-28-18-41(9-3)33-50(55)65-51-35-45(43-19-11-37(5)12-20-43)23-29-56(51)70-64-58(65)61(67)63-59-62(64)68-54-27-17-40(8-2)31-48(54)49-32-42(10-4)34-53(60(49)68)66(59)52-36-46(24-30-57(52)69-63)44-21-13-38(6)14-22-44/h11-36H,7-10H2,1-6H3. The van der Waals surface area contributed by atoms with E-state index < -0.39 is 0 Å². The molecule has 0 N–H and O–H groups in total. The molecule has 0 unspecified atom stereocenters. The SMILES string of the molecule is CCc1ccc(N2c3ccc(CC)cc3B3c4cc(-c5ccc(C)cc5)ccc4Oc4c3c2c2c3c4-n4c5ccc(CC)cc5c5cc(CC)cc(c54)B3c3cc(-c4ccc(C)cc4)ccc3O2)cc1. The van der Waals surface area contributed by atoms with Gasteiger partial charge in [0.2, 0.25) is 0 Å². The first kappa shape index (κ1) is 41.3. The third kappa shape index (κ3) is 5.86. The molecule has 0 radical (unpaired) electrons. The summed E-state index contributed by atoms with van der Waals surface area (Å²) in [4.78, 5) is 2.51. The second-order valence-corrected chi connectivity index (χ2v) is 20.1. The van der Waals surface area contributed by atoms with Crippen molar-refractivity contribution in [1.82, 2.24) is 4.57 Å². The minimum absolute atomic E-state index is 0.141. The zero-order valence-corrected chi connectivity index (χ0v) is 40.7. The first-order valence-electron chi connectivity index (χ1n) is 25.5. The molecule has 336 valence electrons. The lowest BCUT2D eigenvalue weighted by molar-refractivity contribution is 0.475. The second kappa shape index (κ2) is 15.4. The smallest absolute Gasteiger partial charge is 0.256 e. The Labute approximate surface area is 411 Å². The van der Waals surface area contributed by atoms with Crippen molar-refractivity contribution in [3.63, 3.8) is 0 Å². The Kier molecular flexibility index (Phi) is 9.09. The van der Waals surface area contributed by atoms with Gasteiger partial charge in [0.1, 0.15) is 23.0 Å². The Morgan fingerprint density at radius 1 is 0.414 bits per heavy atom. The average Bonchev–Trinajstić information content (AvgIpc) is 3.73. The highest BCUT2D eigenvalue weighted by Gasteiger charge is 2.51. The van der Waals surface area contributed by atoms with Crippen LogP contribution < -0.4 is 47.2 Å². The molecule has 6 heteroatoms. The molecule has 14 rings (SSSR count). The van der Waals surface area contributed by atoms with Crippen LogP contribution >= 0.6 is 0 Å². The largest absolute Gasteiger partial charge is 0.456 e. The Hall–Kier alpha value is -7.69. The van der Waals surface area contributed by atoms with Crippen molar-refractivity contribution in [2.24, 2.45) is 0 Å². The van der Waals surface area contributed by atoms with Crippen LogP contribution in [0.1, 0.15) is 61.1 Å². The molecule has 0 bridgehead atoms. The maximum Gasteiger partial charge on any atom is 0.256 e. The second-order valence-electron chi connectivity index (χ2n) is 20.1. The minimum Gasteiger partial charge on any atom is -0.456 e. The Morgan fingerprint density at radius 2 is 0.914 bits per heavy atom. The van der Waals surface area contributed by atoms with Crippen LogP contribution in [-0.4, -0.2) is 18.0 Å². The summed E-state index contributed by atoms with van der Waals surface area (Å²) in [5, 5.41) is 2.58. The number of ether oxygens (including phenoxy) is 2. The van der Waals surface area contributed by atoms with E-state index in [1.54, 1.807) is 0 Å². The molecular formula is C64H52B2N2O2. The zero-order valence-electron chi connectivity index (χ0n) is 40.7. The molecule has 0 saturated heterocycles. The summed E-state index contributed by atoms with van der Waals surface area (Å²) >= 11 is 0. The molecule has 70 heavy (non-hydrogen) atoms. The summed E-state index contributed by atoms with van der Waals surface area (Å²) in [6, 6.07) is 60.1. The molecule has 1 aromatic heterocycles. The van der Waals surface area contributed by atoms with Crippen molar-refractivity contribution < 1.29 is 9.47 Å². The van der Waals surface area contributed by atoms with Crippen LogP contribution in [0.2, 0.25) is 0 Å². The maximum absolute atomic E-state index is 7.74. The molecule has 4 aliphatic heterocycles. The predicted octanol–water partition coefficient (Wildman–Crippen LogP) is 12.3. The van der Waals surface area contributed by atoms with Crippen molar-refractivity contribution in [2.45, 2.75) is 67.2 Å². The molecule has 0 saturated carbocycles. The van der Waals surface area contributed by atoms with Gasteiger partial charge in [-0.15, -0.1) is 0 Å². The monoisotopic (exact) mass is 902 g/mol. The van der Waals surface area contributed by atoms with Crippen molar-refractivity contribution >= 4 is 85.1 Å². The Bertz CT molecular complexity index is 3850. The average molecular weight is 903 g/mol. The van der Waals surface area contributed by atoms with Gasteiger partial charge in [-0.2, -0.15) is 0 Å².